The number of hydrogen-bond acceptors (Lipinski definition) is 7. The number of piperidine rings is 1. The van der Waals surface area contributed by atoms with Gasteiger partial charge in [0.25, 0.3) is 5.91 Å². The van der Waals surface area contributed by atoms with E-state index in [4.69, 9.17) is 9.47 Å². The number of amides is 1. The Hall–Kier alpha value is -2.52. The maximum absolute atomic E-state index is 13.2. The van der Waals surface area contributed by atoms with Crippen LogP contribution in [0.1, 0.15) is 61.9 Å². The highest BCUT2D eigenvalue weighted by atomic mass is 16.5. The number of hydrogen-bond donors (Lipinski definition) is 1. The molecule has 1 N–H and O–H groups in total. The second-order valence-electron chi connectivity index (χ2n) is 9.89. The van der Waals surface area contributed by atoms with Crippen molar-refractivity contribution in [1.29, 1.82) is 0 Å². The van der Waals surface area contributed by atoms with Gasteiger partial charge in [-0.05, 0) is 44.4 Å². The zero-order valence-corrected chi connectivity index (χ0v) is 20.1. The summed E-state index contributed by atoms with van der Waals surface area (Å²) in [6.45, 7) is 4.21. The zero-order valence-electron chi connectivity index (χ0n) is 20.1. The minimum absolute atomic E-state index is 0.166. The van der Waals surface area contributed by atoms with Crippen molar-refractivity contribution in [3.05, 3.63) is 24.3 Å². The van der Waals surface area contributed by atoms with E-state index in [1.54, 1.807) is 18.6 Å². The molecule has 9 nitrogen and oxygen atoms in total. The first-order valence-electron chi connectivity index (χ1n) is 12.8. The van der Waals surface area contributed by atoms with Gasteiger partial charge in [-0.2, -0.15) is 4.98 Å². The van der Waals surface area contributed by atoms with E-state index >= 15 is 0 Å². The van der Waals surface area contributed by atoms with Crippen molar-refractivity contribution in [3.8, 4) is 17.4 Å². The van der Waals surface area contributed by atoms with Gasteiger partial charge in [0.2, 0.25) is 5.88 Å². The van der Waals surface area contributed by atoms with Crippen LogP contribution >= 0.6 is 0 Å². The first-order valence-corrected chi connectivity index (χ1v) is 12.8. The smallest absolute Gasteiger partial charge is 0.270 e. The predicted octanol–water partition coefficient (Wildman–Crippen LogP) is 2.82. The van der Waals surface area contributed by atoms with Crippen LogP contribution in [0.3, 0.4) is 0 Å². The van der Waals surface area contributed by atoms with E-state index in [-0.39, 0.29) is 11.9 Å². The average molecular weight is 469 g/mol. The first kappa shape index (κ1) is 23.2. The molecule has 0 bridgehead atoms. The van der Waals surface area contributed by atoms with Gasteiger partial charge >= 0.3 is 0 Å². The van der Waals surface area contributed by atoms with Crippen molar-refractivity contribution >= 4 is 5.91 Å². The van der Waals surface area contributed by atoms with Crippen LogP contribution < -0.4 is 10.1 Å². The van der Waals surface area contributed by atoms with E-state index in [9.17, 15) is 4.79 Å². The Morgan fingerprint density at radius 2 is 1.88 bits per heavy atom. The summed E-state index contributed by atoms with van der Waals surface area (Å²) in [7, 11) is 1.89. The summed E-state index contributed by atoms with van der Waals surface area (Å²) in [6, 6.07) is 2.59. The van der Waals surface area contributed by atoms with Gasteiger partial charge in [-0.15, -0.1) is 0 Å². The highest BCUT2D eigenvalue weighted by molar-refractivity contribution is 5.93. The van der Waals surface area contributed by atoms with E-state index in [2.05, 4.69) is 25.2 Å². The minimum atomic E-state index is -0.166. The lowest BCUT2D eigenvalue weighted by atomic mass is 10.0. The second-order valence-corrected chi connectivity index (χ2v) is 9.89. The van der Waals surface area contributed by atoms with E-state index in [1.165, 1.54) is 25.7 Å². The Morgan fingerprint density at radius 1 is 1.12 bits per heavy atom. The monoisotopic (exact) mass is 468 g/mol. The van der Waals surface area contributed by atoms with Crippen molar-refractivity contribution in [1.82, 2.24) is 29.7 Å². The lowest BCUT2D eigenvalue weighted by Gasteiger charge is -2.36. The topological polar surface area (TPSA) is 94.4 Å². The maximum atomic E-state index is 13.2. The van der Waals surface area contributed by atoms with E-state index in [0.717, 1.165) is 63.7 Å². The molecule has 1 amide bonds. The molecule has 0 aromatic carbocycles. The van der Waals surface area contributed by atoms with Gasteiger partial charge in [0, 0.05) is 51.5 Å². The number of aryl methyl sites for hydroxylation is 1. The molecule has 2 aromatic heterocycles. The Balaban J connectivity index is 1.26. The summed E-state index contributed by atoms with van der Waals surface area (Å²) < 4.78 is 13.3. The highest BCUT2D eigenvalue weighted by Gasteiger charge is 2.28. The van der Waals surface area contributed by atoms with Gasteiger partial charge in [0.1, 0.15) is 11.4 Å². The summed E-state index contributed by atoms with van der Waals surface area (Å²) in [6.07, 6.45) is 12.7. The Labute approximate surface area is 201 Å². The van der Waals surface area contributed by atoms with Gasteiger partial charge in [0.15, 0.2) is 5.82 Å². The predicted molar refractivity (Wildman–Crippen MR) is 128 cm³/mol. The molecule has 4 heterocycles. The van der Waals surface area contributed by atoms with Crippen molar-refractivity contribution < 1.29 is 14.3 Å². The fourth-order valence-electron chi connectivity index (χ4n) is 5.36. The van der Waals surface area contributed by atoms with Crippen LogP contribution in [0.5, 0.6) is 5.88 Å². The summed E-state index contributed by atoms with van der Waals surface area (Å²) in [5, 5.41) is 3.22. The number of aromatic nitrogens is 4. The Bertz CT molecular complexity index is 959. The zero-order chi connectivity index (χ0) is 23.3. The number of nitrogens with one attached hydrogen (secondary N) is 1. The highest BCUT2D eigenvalue weighted by Crippen LogP contribution is 2.26. The number of ether oxygens (including phenoxy) is 2. The molecule has 1 aliphatic carbocycles. The van der Waals surface area contributed by atoms with Crippen molar-refractivity contribution in [2.75, 3.05) is 32.9 Å². The van der Waals surface area contributed by atoms with Gasteiger partial charge < -0.3 is 24.3 Å². The lowest BCUT2D eigenvalue weighted by molar-refractivity contribution is 0.0490. The number of imidazole rings is 1. The lowest BCUT2D eigenvalue weighted by Crippen LogP contribution is -2.47. The summed E-state index contributed by atoms with van der Waals surface area (Å²) in [5.74, 6) is 1.15. The Kier molecular flexibility index (Phi) is 7.39. The molecule has 0 unspecified atom stereocenters. The molecule has 3 aliphatic rings. The van der Waals surface area contributed by atoms with Crippen LogP contribution in [0.25, 0.3) is 11.5 Å². The summed E-state index contributed by atoms with van der Waals surface area (Å²) >= 11 is 0. The molecular weight excluding hydrogens is 432 g/mol. The van der Waals surface area contributed by atoms with Crippen molar-refractivity contribution in [3.63, 3.8) is 0 Å². The molecule has 184 valence electrons. The van der Waals surface area contributed by atoms with Crippen LogP contribution in [-0.2, 0) is 11.8 Å². The van der Waals surface area contributed by atoms with E-state index in [0.29, 0.717) is 29.9 Å². The van der Waals surface area contributed by atoms with Gasteiger partial charge in [-0.3, -0.25) is 4.79 Å². The molecular formula is C25H36N6O3. The SMILES string of the molecule is Cn1cncc1-c1nc(OCC2CCOCC2)cc(C(=O)NC2CCN(C3CCCC3)CC2)n1. The molecule has 9 heteroatoms. The standard InChI is InChI=1S/C25H36N6O3/c1-30-17-26-15-22(30)24-28-21(14-23(29-24)34-16-18-8-12-33-13-9-18)25(32)27-19-6-10-31(11-7-19)20-4-2-3-5-20/h14-15,17-20H,2-13,16H2,1H3,(H,27,32). The van der Waals surface area contributed by atoms with E-state index in [1.807, 2.05) is 11.6 Å². The second kappa shape index (κ2) is 10.8. The third-order valence-corrected chi connectivity index (χ3v) is 7.49. The van der Waals surface area contributed by atoms with Gasteiger partial charge in [-0.25, -0.2) is 9.97 Å². The minimum Gasteiger partial charge on any atom is -0.477 e. The summed E-state index contributed by atoms with van der Waals surface area (Å²) in [4.78, 5) is 29.2. The van der Waals surface area contributed by atoms with Crippen LogP contribution in [0, 0.1) is 5.92 Å². The maximum Gasteiger partial charge on any atom is 0.270 e. The molecule has 2 saturated heterocycles. The molecule has 0 atom stereocenters. The largest absolute Gasteiger partial charge is 0.477 e. The fourth-order valence-corrected chi connectivity index (χ4v) is 5.36. The van der Waals surface area contributed by atoms with Crippen LogP contribution in [-0.4, -0.2) is 75.3 Å². The molecule has 0 spiro atoms. The first-order chi connectivity index (χ1) is 16.7. The van der Waals surface area contributed by atoms with E-state index < -0.39 is 0 Å². The Morgan fingerprint density at radius 3 is 2.59 bits per heavy atom. The average Bonchev–Trinajstić information content (AvgIpc) is 3.56. The molecule has 34 heavy (non-hydrogen) atoms. The fraction of sp³-hybridized carbons (Fsp3) is 0.680. The number of nitrogens with zero attached hydrogens (tertiary/aromatic N) is 5. The molecule has 5 rings (SSSR count). The van der Waals surface area contributed by atoms with Crippen LogP contribution in [0.4, 0.5) is 0 Å². The molecule has 2 aliphatic heterocycles. The third-order valence-electron chi connectivity index (χ3n) is 7.49. The van der Waals surface area contributed by atoms with Crippen LogP contribution in [0.2, 0.25) is 0 Å². The number of likely N-dealkylation sites (tertiary alicyclic amines) is 1. The summed E-state index contributed by atoms with van der Waals surface area (Å²) in [5.41, 5.74) is 1.09. The quantitative estimate of drug-likeness (QED) is 0.668. The third kappa shape index (κ3) is 5.58. The normalized spacial score (nSPS) is 21.1. The molecule has 2 aromatic rings. The van der Waals surface area contributed by atoms with Crippen molar-refractivity contribution in [2.24, 2.45) is 13.0 Å². The molecule has 0 radical (unpaired) electrons. The van der Waals surface area contributed by atoms with Crippen LogP contribution in [0.15, 0.2) is 18.6 Å². The molecule has 1 saturated carbocycles. The van der Waals surface area contributed by atoms with Gasteiger partial charge in [-0.1, -0.05) is 12.8 Å². The molecule has 3 fully saturated rings. The number of carbonyl (C=O) groups excluding carboxylic acids is 1. The van der Waals surface area contributed by atoms with Crippen molar-refractivity contribution in [2.45, 2.75) is 63.5 Å². The number of carbonyl (C=O) groups is 1. The number of rotatable bonds is 7. The van der Waals surface area contributed by atoms with Gasteiger partial charge in [0.05, 0.1) is 19.1 Å².